The van der Waals surface area contributed by atoms with Gasteiger partial charge in [0.2, 0.25) is 0 Å². The number of carbonyl (C=O) groups excluding carboxylic acids is 1. The Bertz CT molecular complexity index is 231. The molecular formula is C11H15O2S. The third-order valence-electron chi connectivity index (χ3n) is 2.06. The Morgan fingerprint density at radius 1 is 1.29 bits per heavy atom. The van der Waals surface area contributed by atoms with E-state index in [0.717, 1.165) is 12.8 Å². The maximum atomic E-state index is 9.70. The van der Waals surface area contributed by atoms with Crippen molar-refractivity contribution in [2.45, 2.75) is 32.1 Å². The largest absolute Gasteiger partial charge is 0.457 e. The summed E-state index contributed by atoms with van der Waals surface area (Å²) in [6.07, 6.45) is 5.70. The van der Waals surface area contributed by atoms with Crippen LogP contribution < -0.4 is 0 Å². The molecule has 14 heavy (non-hydrogen) atoms. The van der Waals surface area contributed by atoms with Crippen LogP contribution in [0.1, 0.15) is 30.6 Å². The van der Waals surface area contributed by atoms with E-state index in [1.54, 1.807) is 0 Å². The number of hydrogen-bond acceptors (Lipinski definition) is 3. The lowest BCUT2D eigenvalue weighted by molar-refractivity contribution is 0.269. The number of hydrogen-bond donors (Lipinski definition) is 0. The highest BCUT2D eigenvalue weighted by Gasteiger charge is 1.94. The summed E-state index contributed by atoms with van der Waals surface area (Å²) in [5, 5.41) is 2.11. The fraction of sp³-hybridized carbons (Fsp3) is 0.545. The molecule has 77 valence electrons. The van der Waals surface area contributed by atoms with Crippen LogP contribution in [0.4, 0.5) is 0 Å². The first kappa shape index (κ1) is 11.2. The van der Waals surface area contributed by atoms with Gasteiger partial charge in [-0.05, 0) is 30.7 Å². The van der Waals surface area contributed by atoms with Gasteiger partial charge in [0.15, 0.2) is 0 Å². The average molecular weight is 211 g/mol. The van der Waals surface area contributed by atoms with Gasteiger partial charge in [-0.25, -0.2) is 4.79 Å². The normalized spacial score (nSPS) is 10.0. The first-order chi connectivity index (χ1) is 6.93. The molecule has 0 fully saturated rings. The number of unbranched alkanes of at least 4 members (excludes halogenated alkanes) is 3. The predicted octanol–water partition coefficient (Wildman–Crippen LogP) is 2.93. The summed E-state index contributed by atoms with van der Waals surface area (Å²) in [4.78, 5) is 11.2. The van der Waals surface area contributed by atoms with Crippen molar-refractivity contribution in [1.29, 1.82) is 0 Å². The van der Waals surface area contributed by atoms with Crippen LogP contribution in [0.5, 0.6) is 0 Å². The molecule has 0 atom stereocenters. The average Bonchev–Trinajstić information content (AvgIpc) is 2.69. The summed E-state index contributed by atoms with van der Waals surface area (Å²) in [6, 6.07) is 4.27. The molecule has 0 aliphatic heterocycles. The smallest absolute Gasteiger partial charge is 0.417 e. The zero-order valence-electron chi connectivity index (χ0n) is 8.20. The molecule has 0 N–H and O–H groups in total. The fourth-order valence-electron chi connectivity index (χ4n) is 1.32. The Hall–Kier alpha value is -0.830. The monoisotopic (exact) mass is 211 g/mol. The van der Waals surface area contributed by atoms with E-state index in [-0.39, 0.29) is 0 Å². The standard InChI is InChI=1S/C11H15O2S/c12-10-13-8-4-2-1-3-6-11-7-5-9-14-11/h5,7,9H,1-4,6,8H2. The molecule has 2 nitrogen and oxygen atoms in total. The van der Waals surface area contributed by atoms with E-state index in [2.05, 4.69) is 22.2 Å². The summed E-state index contributed by atoms with van der Waals surface area (Å²) in [5.41, 5.74) is 0. The molecule has 1 aromatic rings. The predicted molar refractivity (Wildman–Crippen MR) is 58.1 cm³/mol. The molecule has 1 heterocycles. The van der Waals surface area contributed by atoms with E-state index < -0.39 is 0 Å². The van der Waals surface area contributed by atoms with Crippen molar-refractivity contribution in [2.75, 3.05) is 6.61 Å². The lowest BCUT2D eigenvalue weighted by atomic mass is 10.1. The van der Waals surface area contributed by atoms with Crippen molar-refractivity contribution >= 4 is 17.8 Å². The van der Waals surface area contributed by atoms with Crippen molar-refractivity contribution in [2.24, 2.45) is 0 Å². The highest BCUT2D eigenvalue weighted by molar-refractivity contribution is 7.09. The van der Waals surface area contributed by atoms with Crippen LogP contribution in [0, 0.1) is 0 Å². The summed E-state index contributed by atoms with van der Waals surface area (Å²) >= 11 is 1.82. The number of ether oxygens (including phenoxy) is 1. The topological polar surface area (TPSA) is 26.3 Å². The number of rotatable bonds is 8. The molecule has 0 unspecified atom stereocenters. The molecule has 0 aliphatic carbocycles. The van der Waals surface area contributed by atoms with Crippen molar-refractivity contribution < 1.29 is 9.53 Å². The van der Waals surface area contributed by atoms with Crippen molar-refractivity contribution in [3.8, 4) is 0 Å². The Balaban J connectivity index is 1.87. The van der Waals surface area contributed by atoms with Gasteiger partial charge < -0.3 is 4.74 Å². The molecule has 0 bridgehead atoms. The lowest BCUT2D eigenvalue weighted by Crippen LogP contribution is -1.91. The summed E-state index contributed by atoms with van der Waals surface area (Å²) < 4.78 is 4.48. The van der Waals surface area contributed by atoms with Crippen LogP contribution in [-0.4, -0.2) is 13.1 Å². The second-order valence-electron chi connectivity index (χ2n) is 3.18. The van der Waals surface area contributed by atoms with Gasteiger partial charge in [-0.15, -0.1) is 11.3 Å². The van der Waals surface area contributed by atoms with Crippen molar-refractivity contribution in [3.63, 3.8) is 0 Å². The molecule has 1 rings (SSSR count). The van der Waals surface area contributed by atoms with E-state index >= 15 is 0 Å². The molecule has 1 radical (unpaired) electrons. The van der Waals surface area contributed by atoms with E-state index in [1.165, 1.54) is 30.6 Å². The minimum absolute atomic E-state index is 0.516. The minimum atomic E-state index is 0.516. The molecule has 0 aromatic carbocycles. The SMILES string of the molecule is O=[C]OCCCCCCc1cccs1. The fourth-order valence-corrected chi connectivity index (χ4v) is 2.07. The van der Waals surface area contributed by atoms with Crippen molar-refractivity contribution in [1.82, 2.24) is 0 Å². The van der Waals surface area contributed by atoms with Gasteiger partial charge in [-0.2, -0.15) is 0 Å². The van der Waals surface area contributed by atoms with Gasteiger partial charge >= 0.3 is 6.47 Å². The van der Waals surface area contributed by atoms with E-state index in [1.807, 2.05) is 11.3 Å². The number of thiophene rings is 1. The van der Waals surface area contributed by atoms with E-state index in [9.17, 15) is 4.79 Å². The molecular weight excluding hydrogens is 196 g/mol. The highest BCUT2D eigenvalue weighted by Crippen LogP contribution is 2.13. The van der Waals surface area contributed by atoms with Crippen LogP contribution in [-0.2, 0) is 16.0 Å². The van der Waals surface area contributed by atoms with Crippen LogP contribution in [0.15, 0.2) is 17.5 Å². The Morgan fingerprint density at radius 3 is 2.86 bits per heavy atom. The number of aryl methyl sites for hydroxylation is 1. The van der Waals surface area contributed by atoms with E-state index in [0.29, 0.717) is 6.61 Å². The highest BCUT2D eigenvalue weighted by atomic mass is 32.1. The molecule has 0 saturated carbocycles. The van der Waals surface area contributed by atoms with Gasteiger partial charge in [0, 0.05) is 4.88 Å². The van der Waals surface area contributed by atoms with E-state index in [4.69, 9.17) is 0 Å². The van der Waals surface area contributed by atoms with Crippen LogP contribution in [0.2, 0.25) is 0 Å². The van der Waals surface area contributed by atoms with Crippen molar-refractivity contribution in [3.05, 3.63) is 22.4 Å². The zero-order valence-corrected chi connectivity index (χ0v) is 9.02. The Kier molecular flexibility index (Phi) is 6.07. The van der Waals surface area contributed by atoms with Crippen LogP contribution >= 0.6 is 11.3 Å². The Labute approximate surface area is 88.9 Å². The maximum Gasteiger partial charge on any atom is 0.417 e. The molecule has 0 amide bonds. The summed E-state index contributed by atoms with van der Waals surface area (Å²) in [5.74, 6) is 0. The van der Waals surface area contributed by atoms with Gasteiger partial charge in [0.05, 0.1) is 6.61 Å². The minimum Gasteiger partial charge on any atom is -0.457 e. The quantitative estimate of drug-likeness (QED) is 0.618. The summed E-state index contributed by atoms with van der Waals surface area (Å²) in [6.45, 7) is 1.95. The molecule has 0 spiro atoms. The maximum absolute atomic E-state index is 9.70. The molecule has 1 aromatic heterocycles. The zero-order chi connectivity index (χ0) is 10.1. The van der Waals surface area contributed by atoms with Crippen LogP contribution in [0.3, 0.4) is 0 Å². The third-order valence-corrected chi connectivity index (χ3v) is 2.99. The molecule has 0 saturated heterocycles. The first-order valence-corrected chi connectivity index (χ1v) is 5.83. The molecule has 0 aliphatic rings. The van der Waals surface area contributed by atoms with Gasteiger partial charge in [0.25, 0.3) is 0 Å². The second-order valence-corrected chi connectivity index (χ2v) is 4.21. The third kappa shape index (κ3) is 5.02. The van der Waals surface area contributed by atoms with Gasteiger partial charge in [-0.1, -0.05) is 18.9 Å². The first-order valence-electron chi connectivity index (χ1n) is 4.95. The van der Waals surface area contributed by atoms with Gasteiger partial charge in [0.1, 0.15) is 0 Å². The second kappa shape index (κ2) is 7.56. The van der Waals surface area contributed by atoms with Gasteiger partial charge in [-0.3, -0.25) is 0 Å². The Morgan fingerprint density at radius 2 is 2.14 bits per heavy atom. The molecule has 3 heteroatoms. The summed E-state index contributed by atoms with van der Waals surface area (Å²) in [7, 11) is 0. The van der Waals surface area contributed by atoms with Crippen LogP contribution in [0.25, 0.3) is 0 Å². The lowest BCUT2D eigenvalue weighted by Gasteiger charge is -1.99.